The fourth-order valence-corrected chi connectivity index (χ4v) is 0.725. The van der Waals surface area contributed by atoms with Crippen molar-refractivity contribution in [3.63, 3.8) is 0 Å². The van der Waals surface area contributed by atoms with Gasteiger partial charge >= 0.3 is 0 Å². The van der Waals surface area contributed by atoms with Gasteiger partial charge in [-0.3, -0.25) is 4.79 Å². The molecular weight excluding hydrogens is 174 g/mol. The van der Waals surface area contributed by atoms with Crippen LogP contribution in [0.4, 0.5) is 0 Å². The fraction of sp³-hybridized carbons (Fsp3) is 0.571. The van der Waals surface area contributed by atoms with Crippen molar-refractivity contribution >= 4 is 5.91 Å². The standard InChI is InChI=1S/C7H11N3O3/c1-4(3-11)8-7(12)6-9-5(2)13-10-6/h4,11H,3H2,1-2H3,(H,8,12)/t4-/m0/s1. The van der Waals surface area contributed by atoms with Gasteiger partial charge < -0.3 is 14.9 Å². The molecule has 1 amide bonds. The Balaban J connectivity index is 2.58. The van der Waals surface area contributed by atoms with Gasteiger partial charge in [0.1, 0.15) is 0 Å². The minimum absolute atomic E-state index is 0.0159. The van der Waals surface area contributed by atoms with Gasteiger partial charge in [-0.15, -0.1) is 0 Å². The molecule has 2 N–H and O–H groups in total. The topological polar surface area (TPSA) is 88.2 Å². The van der Waals surface area contributed by atoms with E-state index in [2.05, 4.69) is 20.0 Å². The summed E-state index contributed by atoms with van der Waals surface area (Å²) in [6, 6.07) is -0.314. The minimum Gasteiger partial charge on any atom is -0.394 e. The van der Waals surface area contributed by atoms with Crippen molar-refractivity contribution in [1.82, 2.24) is 15.5 Å². The van der Waals surface area contributed by atoms with Gasteiger partial charge in [-0.05, 0) is 6.92 Å². The van der Waals surface area contributed by atoms with Gasteiger partial charge in [0.2, 0.25) is 5.89 Å². The van der Waals surface area contributed by atoms with Crippen molar-refractivity contribution in [1.29, 1.82) is 0 Å². The number of rotatable bonds is 3. The third-order valence-electron chi connectivity index (χ3n) is 1.38. The molecule has 1 rings (SSSR count). The lowest BCUT2D eigenvalue weighted by Gasteiger charge is -2.07. The highest BCUT2D eigenvalue weighted by atomic mass is 16.5. The van der Waals surface area contributed by atoms with Crippen LogP contribution in [0.3, 0.4) is 0 Å². The van der Waals surface area contributed by atoms with E-state index in [0.717, 1.165) is 0 Å². The molecule has 0 bridgehead atoms. The second-order valence-electron chi connectivity index (χ2n) is 2.69. The van der Waals surface area contributed by atoms with Crippen molar-refractivity contribution in [2.45, 2.75) is 19.9 Å². The summed E-state index contributed by atoms with van der Waals surface area (Å²) in [5.41, 5.74) is 0. The minimum atomic E-state index is -0.446. The van der Waals surface area contributed by atoms with E-state index in [0.29, 0.717) is 5.89 Å². The lowest BCUT2D eigenvalue weighted by atomic mass is 10.3. The van der Waals surface area contributed by atoms with Crippen LogP contribution in [-0.4, -0.2) is 33.8 Å². The quantitative estimate of drug-likeness (QED) is 0.662. The summed E-state index contributed by atoms with van der Waals surface area (Å²) in [6.07, 6.45) is 0. The van der Waals surface area contributed by atoms with Crippen LogP contribution in [0.1, 0.15) is 23.4 Å². The van der Waals surface area contributed by atoms with Crippen LogP contribution in [0.25, 0.3) is 0 Å². The van der Waals surface area contributed by atoms with E-state index >= 15 is 0 Å². The number of carbonyl (C=O) groups excluding carboxylic acids is 1. The van der Waals surface area contributed by atoms with E-state index in [1.807, 2.05) is 0 Å². The zero-order valence-corrected chi connectivity index (χ0v) is 7.44. The van der Waals surface area contributed by atoms with Crippen LogP contribution in [0.5, 0.6) is 0 Å². The number of aliphatic hydroxyl groups excluding tert-OH is 1. The molecule has 0 aliphatic carbocycles. The van der Waals surface area contributed by atoms with Crippen LogP contribution in [0, 0.1) is 6.92 Å². The third-order valence-corrected chi connectivity index (χ3v) is 1.38. The van der Waals surface area contributed by atoms with Crippen LogP contribution < -0.4 is 5.32 Å². The SMILES string of the molecule is Cc1nc(C(=O)N[C@@H](C)CO)no1. The zero-order chi connectivity index (χ0) is 9.84. The lowest BCUT2D eigenvalue weighted by molar-refractivity contribution is 0.0909. The summed E-state index contributed by atoms with van der Waals surface area (Å²) < 4.78 is 4.62. The monoisotopic (exact) mass is 185 g/mol. The van der Waals surface area contributed by atoms with Crippen molar-refractivity contribution in [3.05, 3.63) is 11.7 Å². The maximum atomic E-state index is 11.2. The molecule has 0 aliphatic rings. The molecule has 0 saturated heterocycles. The Morgan fingerprint density at radius 3 is 2.92 bits per heavy atom. The summed E-state index contributed by atoms with van der Waals surface area (Å²) in [5.74, 6) is -0.127. The average Bonchev–Trinajstić information content (AvgIpc) is 2.51. The first-order valence-corrected chi connectivity index (χ1v) is 3.85. The number of aryl methyl sites for hydroxylation is 1. The summed E-state index contributed by atoms with van der Waals surface area (Å²) >= 11 is 0. The molecule has 0 spiro atoms. The predicted octanol–water partition coefficient (Wildman–Crippen LogP) is -0.511. The Kier molecular flexibility index (Phi) is 2.97. The first-order valence-electron chi connectivity index (χ1n) is 3.85. The Bertz CT molecular complexity index is 297. The summed E-state index contributed by atoms with van der Waals surface area (Å²) in [6.45, 7) is 3.15. The second kappa shape index (κ2) is 3.99. The molecule has 6 nitrogen and oxygen atoms in total. The molecule has 0 aliphatic heterocycles. The number of nitrogens with one attached hydrogen (secondary N) is 1. The van der Waals surface area contributed by atoms with Gasteiger partial charge in [-0.1, -0.05) is 5.16 Å². The van der Waals surface area contributed by atoms with Gasteiger partial charge in [-0.2, -0.15) is 4.98 Å². The highest BCUT2D eigenvalue weighted by Gasteiger charge is 2.14. The van der Waals surface area contributed by atoms with E-state index in [1.54, 1.807) is 13.8 Å². The highest BCUT2D eigenvalue weighted by molar-refractivity contribution is 5.90. The Morgan fingerprint density at radius 1 is 1.77 bits per heavy atom. The maximum absolute atomic E-state index is 11.2. The van der Waals surface area contributed by atoms with Crippen LogP contribution >= 0.6 is 0 Å². The van der Waals surface area contributed by atoms with E-state index < -0.39 is 5.91 Å². The van der Waals surface area contributed by atoms with Crippen molar-refractivity contribution in [2.75, 3.05) is 6.61 Å². The molecule has 72 valence electrons. The molecule has 0 radical (unpaired) electrons. The number of aliphatic hydroxyl groups is 1. The fourth-order valence-electron chi connectivity index (χ4n) is 0.725. The maximum Gasteiger partial charge on any atom is 0.292 e. The number of hydrogen-bond donors (Lipinski definition) is 2. The Hall–Kier alpha value is -1.43. The highest BCUT2D eigenvalue weighted by Crippen LogP contribution is 1.94. The second-order valence-corrected chi connectivity index (χ2v) is 2.69. The molecule has 0 aromatic carbocycles. The Labute approximate surface area is 74.9 Å². The predicted molar refractivity (Wildman–Crippen MR) is 43.0 cm³/mol. The average molecular weight is 185 g/mol. The molecule has 6 heteroatoms. The van der Waals surface area contributed by atoms with Crippen molar-refractivity contribution in [3.8, 4) is 0 Å². The molecule has 0 saturated carbocycles. The van der Waals surface area contributed by atoms with E-state index in [1.165, 1.54) is 0 Å². The van der Waals surface area contributed by atoms with Gasteiger partial charge in [0, 0.05) is 13.0 Å². The number of amides is 1. The van der Waals surface area contributed by atoms with Crippen LogP contribution in [-0.2, 0) is 0 Å². The van der Waals surface area contributed by atoms with E-state index in [9.17, 15) is 4.79 Å². The van der Waals surface area contributed by atoms with Gasteiger partial charge in [0.15, 0.2) is 0 Å². The molecule has 1 heterocycles. The first-order chi connectivity index (χ1) is 6.13. The molecule has 0 unspecified atom stereocenters. The number of carbonyl (C=O) groups is 1. The van der Waals surface area contributed by atoms with Gasteiger partial charge in [-0.25, -0.2) is 0 Å². The van der Waals surface area contributed by atoms with Gasteiger partial charge in [0.05, 0.1) is 6.61 Å². The molecule has 1 aromatic rings. The molecule has 13 heavy (non-hydrogen) atoms. The number of nitrogens with zero attached hydrogens (tertiary/aromatic N) is 2. The zero-order valence-electron chi connectivity index (χ0n) is 7.44. The van der Waals surface area contributed by atoms with Gasteiger partial charge in [0.25, 0.3) is 11.7 Å². The largest absolute Gasteiger partial charge is 0.394 e. The van der Waals surface area contributed by atoms with Crippen molar-refractivity contribution in [2.24, 2.45) is 0 Å². The summed E-state index contributed by atoms with van der Waals surface area (Å²) in [5, 5.41) is 14.6. The van der Waals surface area contributed by atoms with Crippen molar-refractivity contribution < 1.29 is 14.4 Å². The lowest BCUT2D eigenvalue weighted by Crippen LogP contribution is -2.35. The van der Waals surface area contributed by atoms with E-state index in [-0.39, 0.29) is 18.5 Å². The Morgan fingerprint density at radius 2 is 2.46 bits per heavy atom. The molecule has 1 aromatic heterocycles. The van der Waals surface area contributed by atoms with E-state index in [4.69, 9.17) is 5.11 Å². The number of aromatic nitrogens is 2. The molecular formula is C7H11N3O3. The molecule has 1 atom stereocenters. The summed E-state index contributed by atoms with van der Waals surface area (Å²) in [4.78, 5) is 14.9. The van der Waals surface area contributed by atoms with Crippen LogP contribution in [0.15, 0.2) is 4.52 Å². The first kappa shape index (κ1) is 9.66. The summed E-state index contributed by atoms with van der Waals surface area (Å²) in [7, 11) is 0. The number of hydrogen-bond acceptors (Lipinski definition) is 5. The van der Waals surface area contributed by atoms with Crippen LogP contribution in [0.2, 0.25) is 0 Å². The smallest absolute Gasteiger partial charge is 0.292 e. The third kappa shape index (κ3) is 2.51. The normalized spacial score (nSPS) is 12.5. The molecule has 0 fully saturated rings.